The molecule has 0 N–H and O–H groups in total. The maximum atomic E-state index is 6.36. The van der Waals surface area contributed by atoms with Gasteiger partial charge in [0.2, 0.25) is 0 Å². The molecule has 0 amide bonds. The number of hydrogen-bond donors (Lipinski definition) is 0. The topological polar surface area (TPSA) is 25.2 Å². The van der Waals surface area contributed by atoms with E-state index in [1.807, 2.05) is 6.07 Å². The zero-order valence-corrected chi connectivity index (χ0v) is 30.3. The minimum Gasteiger partial charge on any atom is -0.456 e. The van der Waals surface area contributed by atoms with Crippen molar-refractivity contribution in [2.45, 2.75) is 19.3 Å². The second-order valence-corrected chi connectivity index (χ2v) is 15.7. The van der Waals surface area contributed by atoms with E-state index in [4.69, 9.17) is 4.42 Å². The Morgan fingerprint density at radius 1 is 0.436 bits per heavy atom. The smallest absolute Gasteiger partial charge is 0.135 e. The Bertz CT molecular complexity index is 3590. The van der Waals surface area contributed by atoms with Gasteiger partial charge in [-0.05, 0) is 89.0 Å². The van der Waals surface area contributed by atoms with Crippen molar-refractivity contribution in [2.24, 2.45) is 0 Å². The highest BCUT2D eigenvalue weighted by atomic mass is 16.3. The van der Waals surface area contributed by atoms with Gasteiger partial charge in [0.05, 0.1) is 38.8 Å². The number of para-hydroxylation sites is 4. The molecule has 1 aliphatic carbocycles. The molecule has 0 unspecified atom stereocenters. The Morgan fingerprint density at radius 2 is 1.05 bits per heavy atom. The number of aromatic nitrogens is 2. The third-order valence-electron chi connectivity index (χ3n) is 12.6. The van der Waals surface area contributed by atoms with Crippen LogP contribution in [0.3, 0.4) is 0 Å². The molecule has 4 heteroatoms. The van der Waals surface area contributed by atoms with E-state index in [2.05, 4.69) is 185 Å². The van der Waals surface area contributed by atoms with Crippen LogP contribution in [0.25, 0.3) is 87.7 Å². The van der Waals surface area contributed by atoms with Gasteiger partial charge in [0.15, 0.2) is 0 Å². The van der Waals surface area contributed by atoms with Crippen LogP contribution in [0.2, 0.25) is 0 Å². The third kappa shape index (κ3) is 3.62. The summed E-state index contributed by atoms with van der Waals surface area (Å²) in [5.41, 5.74) is 17.7. The van der Waals surface area contributed by atoms with Crippen molar-refractivity contribution >= 4 is 93.6 Å². The molecule has 0 aliphatic heterocycles. The average Bonchev–Trinajstić information content (AvgIpc) is 3.94. The van der Waals surface area contributed by atoms with Crippen molar-refractivity contribution in [3.8, 4) is 11.1 Å². The molecule has 12 aromatic rings. The number of rotatable bonds is 3. The predicted octanol–water partition coefficient (Wildman–Crippen LogP) is 13.9. The summed E-state index contributed by atoms with van der Waals surface area (Å²) >= 11 is 0. The maximum absolute atomic E-state index is 6.36. The standard InChI is InChI=1S/C51H33N3O/c1-51(2)39-17-7-3-12-32(39)33-24-22-31(29-40(33)51)52(30-23-27-47-38(28-30)35-14-6-10-21-46(35)55-47)43-25-26-45-50-48(43)37-15-5-9-19-42(37)54(50)44-20-11-16-36-34-13-4-8-18-41(34)53(45)49(36)44/h3-29H,1-2H3. The first-order chi connectivity index (χ1) is 27.1. The first kappa shape index (κ1) is 29.4. The lowest BCUT2D eigenvalue weighted by Gasteiger charge is -2.29. The lowest BCUT2D eigenvalue weighted by atomic mass is 9.82. The molecule has 1 aliphatic rings. The second-order valence-electron chi connectivity index (χ2n) is 15.7. The molecule has 4 aromatic heterocycles. The van der Waals surface area contributed by atoms with Crippen molar-refractivity contribution in [2.75, 3.05) is 4.90 Å². The zero-order chi connectivity index (χ0) is 36.2. The number of hydrogen-bond acceptors (Lipinski definition) is 2. The van der Waals surface area contributed by atoms with E-state index in [-0.39, 0.29) is 5.41 Å². The summed E-state index contributed by atoms with van der Waals surface area (Å²) < 4.78 is 11.4. The molecular weight excluding hydrogens is 671 g/mol. The molecule has 0 saturated carbocycles. The van der Waals surface area contributed by atoms with Crippen LogP contribution in [-0.4, -0.2) is 8.80 Å². The summed E-state index contributed by atoms with van der Waals surface area (Å²) in [4.78, 5) is 2.49. The molecule has 0 spiro atoms. The third-order valence-corrected chi connectivity index (χ3v) is 12.6. The first-order valence-electron chi connectivity index (χ1n) is 19.1. The van der Waals surface area contributed by atoms with Gasteiger partial charge >= 0.3 is 0 Å². The van der Waals surface area contributed by atoms with Crippen LogP contribution in [0.1, 0.15) is 25.0 Å². The number of nitrogens with zero attached hydrogens (tertiary/aromatic N) is 3. The molecule has 4 heterocycles. The Labute approximate surface area is 316 Å². The lowest BCUT2D eigenvalue weighted by Crippen LogP contribution is -2.16. The molecule has 258 valence electrons. The van der Waals surface area contributed by atoms with Crippen LogP contribution in [0.5, 0.6) is 0 Å². The van der Waals surface area contributed by atoms with Crippen LogP contribution >= 0.6 is 0 Å². The molecule has 4 nitrogen and oxygen atoms in total. The molecule has 0 saturated heterocycles. The van der Waals surface area contributed by atoms with E-state index in [1.165, 1.54) is 76.9 Å². The van der Waals surface area contributed by atoms with Gasteiger partial charge in [0.1, 0.15) is 11.2 Å². The van der Waals surface area contributed by atoms with Crippen LogP contribution in [0, 0.1) is 0 Å². The van der Waals surface area contributed by atoms with Crippen LogP contribution in [0.15, 0.2) is 168 Å². The maximum Gasteiger partial charge on any atom is 0.135 e. The van der Waals surface area contributed by atoms with Gasteiger partial charge in [-0.25, -0.2) is 0 Å². The number of anilines is 3. The Hall–Kier alpha value is -7.04. The number of fused-ring (bicyclic) bond motifs is 14. The van der Waals surface area contributed by atoms with Gasteiger partial charge < -0.3 is 18.1 Å². The molecule has 0 bridgehead atoms. The molecule has 0 fully saturated rings. The summed E-state index contributed by atoms with van der Waals surface area (Å²) in [7, 11) is 0. The van der Waals surface area contributed by atoms with Crippen molar-refractivity contribution in [1.29, 1.82) is 0 Å². The minimum atomic E-state index is -0.140. The summed E-state index contributed by atoms with van der Waals surface area (Å²) in [6.07, 6.45) is 0. The van der Waals surface area contributed by atoms with Crippen molar-refractivity contribution in [3.63, 3.8) is 0 Å². The Morgan fingerprint density at radius 3 is 1.95 bits per heavy atom. The van der Waals surface area contributed by atoms with Crippen molar-refractivity contribution in [3.05, 3.63) is 175 Å². The van der Waals surface area contributed by atoms with Gasteiger partial charge in [0.25, 0.3) is 0 Å². The average molecular weight is 704 g/mol. The number of benzene rings is 8. The van der Waals surface area contributed by atoms with E-state index in [9.17, 15) is 0 Å². The Balaban J connectivity index is 1.18. The summed E-state index contributed by atoms with van der Waals surface area (Å²) in [5, 5.41) is 7.24. The highest BCUT2D eigenvalue weighted by Crippen LogP contribution is 2.52. The highest BCUT2D eigenvalue weighted by Gasteiger charge is 2.36. The molecule has 55 heavy (non-hydrogen) atoms. The second kappa shape index (κ2) is 10.1. The monoisotopic (exact) mass is 703 g/mol. The largest absolute Gasteiger partial charge is 0.456 e. The van der Waals surface area contributed by atoms with E-state index in [1.54, 1.807) is 0 Å². The SMILES string of the molecule is CC1(C)c2ccccc2-c2ccc(N(c3ccc4oc5ccccc5c4c3)c3ccc4c5c3c3ccccc3n5c3cccc5c6ccccc6n4c53)cc21. The normalized spacial score (nSPS) is 13.8. The van der Waals surface area contributed by atoms with Crippen LogP contribution < -0.4 is 4.90 Å². The van der Waals surface area contributed by atoms with Crippen molar-refractivity contribution < 1.29 is 4.42 Å². The van der Waals surface area contributed by atoms with Gasteiger partial charge in [-0.2, -0.15) is 0 Å². The van der Waals surface area contributed by atoms with E-state index in [0.717, 1.165) is 39.0 Å². The summed E-state index contributed by atoms with van der Waals surface area (Å²) in [5.74, 6) is 0. The Kier molecular flexibility index (Phi) is 5.42. The van der Waals surface area contributed by atoms with E-state index >= 15 is 0 Å². The predicted molar refractivity (Wildman–Crippen MR) is 229 cm³/mol. The van der Waals surface area contributed by atoms with Crippen molar-refractivity contribution in [1.82, 2.24) is 8.80 Å². The summed E-state index contributed by atoms with van der Waals surface area (Å²) in [6, 6.07) is 60.3. The minimum absolute atomic E-state index is 0.140. The quantitative estimate of drug-likeness (QED) is 0.171. The van der Waals surface area contributed by atoms with Crippen LogP contribution in [0.4, 0.5) is 17.1 Å². The summed E-state index contributed by atoms with van der Waals surface area (Å²) in [6.45, 7) is 4.73. The van der Waals surface area contributed by atoms with Gasteiger partial charge in [0, 0.05) is 49.1 Å². The lowest BCUT2D eigenvalue weighted by molar-refractivity contribution is 0.660. The van der Waals surface area contributed by atoms with Gasteiger partial charge in [-0.3, -0.25) is 0 Å². The zero-order valence-electron chi connectivity index (χ0n) is 30.3. The molecule has 13 rings (SSSR count). The van der Waals surface area contributed by atoms with E-state index < -0.39 is 0 Å². The van der Waals surface area contributed by atoms with E-state index in [0.29, 0.717) is 0 Å². The first-order valence-corrected chi connectivity index (χ1v) is 19.1. The van der Waals surface area contributed by atoms with Gasteiger partial charge in [-0.1, -0.05) is 111 Å². The molecule has 8 aromatic carbocycles. The van der Waals surface area contributed by atoms with Gasteiger partial charge in [-0.15, -0.1) is 0 Å². The fourth-order valence-electron chi connectivity index (χ4n) is 10.2. The fraction of sp³-hybridized carbons (Fsp3) is 0.0588. The fourth-order valence-corrected chi connectivity index (χ4v) is 10.2. The highest BCUT2D eigenvalue weighted by molar-refractivity contribution is 6.25. The van der Waals surface area contributed by atoms with Crippen LogP contribution in [-0.2, 0) is 5.41 Å². The molecule has 0 radical (unpaired) electrons. The number of furan rings is 1. The molecule has 0 atom stereocenters. The molecular formula is C51H33N3O.